The molecule has 4 rings (SSSR count). The van der Waals surface area contributed by atoms with Gasteiger partial charge in [-0.2, -0.15) is 0 Å². The van der Waals surface area contributed by atoms with Crippen molar-refractivity contribution in [2.24, 2.45) is 5.92 Å². The van der Waals surface area contributed by atoms with E-state index in [-0.39, 0.29) is 23.3 Å². The summed E-state index contributed by atoms with van der Waals surface area (Å²) in [5.41, 5.74) is 2.05. The van der Waals surface area contributed by atoms with Crippen LogP contribution >= 0.6 is 0 Å². The summed E-state index contributed by atoms with van der Waals surface area (Å²) in [5.74, 6) is -1.39. The minimum Gasteiger partial charge on any atom is -0.356 e. The van der Waals surface area contributed by atoms with Crippen LogP contribution in [0.3, 0.4) is 0 Å². The van der Waals surface area contributed by atoms with Gasteiger partial charge in [-0.1, -0.05) is 48.5 Å². The third-order valence-corrected chi connectivity index (χ3v) is 6.42. The maximum atomic E-state index is 13.9. The molecule has 7 heteroatoms. The number of piperidine rings is 1. The lowest BCUT2D eigenvalue weighted by molar-refractivity contribution is -0.126. The molecule has 3 aromatic carbocycles. The summed E-state index contributed by atoms with van der Waals surface area (Å²) in [4.78, 5) is 39.7. The fourth-order valence-corrected chi connectivity index (χ4v) is 4.39. The summed E-state index contributed by atoms with van der Waals surface area (Å²) >= 11 is 0. The summed E-state index contributed by atoms with van der Waals surface area (Å²) in [7, 11) is 0. The summed E-state index contributed by atoms with van der Waals surface area (Å²) < 4.78 is 13.9. The Balaban J connectivity index is 1.24. The highest BCUT2D eigenvalue weighted by atomic mass is 19.1. The number of hydrogen-bond donors (Lipinski definition) is 2. The molecule has 0 aliphatic carbocycles. The Bertz CT molecular complexity index is 1210. The molecule has 1 fully saturated rings. The molecule has 0 atom stereocenters. The first kappa shape index (κ1) is 25.1. The number of anilines is 1. The number of hydrogen-bond acceptors (Lipinski definition) is 3. The molecule has 1 aliphatic heterocycles. The monoisotopic (exact) mass is 487 g/mol. The molecule has 0 spiro atoms. The second-order valence-electron chi connectivity index (χ2n) is 8.96. The van der Waals surface area contributed by atoms with Gasteiger partial charge in [-0.15, -0.1) is 0 Å². The predicted octanol–water partition coefficient (Wildman–Crippen LogP) is 4.68. The summed E-state index contributed by atoms with van der Waals surface area (Å²) in [5, 5.41) is 5.68. The topological polar surface area (TPSA) is 78.5 Å². The summed E-state index contributed by atoms with van der Waals surface area (Å²) in [6, 6.07) is 22.5. The quantitative estimate of drug-likeness (QED) is 0.453. The van der Waals surface area contributed by atoms with Gasteiger partial charge in [-0.25, -0.2) is 4.39 Å². The van der Waals surface area contributed by atoms with E-state index >= 15 is 0 Å². The third-order valence-electron chi connectivity index (χ3n) is 6.42. The van der Waals surface area contributed by atoms with Crippen LogP contribution in [0, 0.1) is 11.7 Å². The molecular weight excluding hydrogens is 457 g/mol. The minimum atomic E-state index is -0.606. The Labute approximate surface area is 210 Å². The Morgan fingerprint density at radius 2 is 1.61 bits per heavy atom. The van der Waals surface area contributed by atoms with Crippen molar-refractivity contribution in [1.29, 1.82) is 0 Å². The van der Waals surface area contributed by atoms with Gasteiger partial charge in [0.05, 0.1) is 5.56 Å². The molecule has 0 unspecified atom stereocenters. The largest absolute Gasteiger partial charge is 0.356 e. The van der Waals surface area contributed by atoms with E-state index in [1.165, 1.54) is 23.8 Å². The van der Waals surface area contributed by atoms with Gasteiger partial charge in [0.1, 0.15) is 5.82 Å². The molecule has 1 saturated heterocycles. The SMILES string of the molecule is O=C(Nc1cccc(C(=O)N2CCC(C(=O)NCCCc3ccccc3)CC2)c1)c1ccccc1F. The smallest absolute Gasteiger partial charge is 0.258 e. The average molecular weight is 488 g/mol. The molecule has 2 N–H and O–H groups in total. The van der Waals surface area contributed by atoms with E-state index in [0.717, 1.165) is 12.8 Å². The zero-order valence-electron chi connectivity index (χ0n) is 20.1. The van der Waals surface area contributed by atoms with Crippen LogP contribution in [0.5, 0.6) is 0 Å². The van der Waals surface area contributed by atoms with Gasteiger partial charge in [0.2, 0.25) is 5.91 Å². The fourth-order valence-electron chi connectivity index (χ4n) is 4.39. The first-order chi connectivity index (χ1) is 17.5. The van der Waals surface area contributed by atoms with Crippen LogP contribution in [0.2, 0.25) is 0 Å². The molecule has 1 aliphatic rings. The Morgan fingerprint density at radius 1 is 0.889 bits per heavy atom. The van der Waals surface area contributed by atoms with Crippen LogP contribution < -0.4 is 10.6 Å². The van der Waals surface area contributed by atoms with Crippen LogP contribution in [-0.2, 0) is 11.2 Å². The molecule has 0 aromatic heterocycles. The summed E-state index contributed by atoms with van der Waals surface area (Å²) in [6.07, 6.45) is 3.03. The number of likely N-dealkylation sites (tertiary alicyclic amines) is 1. The van der Waals surface area contributed by atoms with Crippen molar-refractivity contribution in [2.45, 2.75) is 25.7 Å². The van der Waals surface area contributed by atoms with Crippen molar-refractivity contribution in [3.05, 3.63) is 101 Å². The van der Waals surface area contributed by atoms with E-state index in [9.17, 15) is 18.8 Å². The molecule has 186 valence electrons. The standard InChI is InChI=1S/C29H30FN3O3/c30-26-14-5-4-13-25(26)28(35)32-24-12-6-11-23(20-24)29(36)33-18-15-22(16-19-33)27(34)31-17-7-10-21-8-2-1-3-9-21/h1-6,8-9,11-14,20,22H,7,10,15-19H2,(H,31,34)(H,32,35). The van der Waals surface area contributed by atoms with Crippen molar-refractivity contribution in [3.8, 4) is 0 Å². The highest BCUT2D eigenvalue weighted by Gasteiger charge is 2.27. The lowest BCUT2D eigenvalue weighted by Crippen LogP contribution is -2.43. The second kappa shape index (κ2) is 12.1. The first-order valence-corrected chi connectivity index (χ1v) is 12.3. The lowest BCUT2D eigenvalue weighted by Gasteiger charge is -2.31. The number of aryl methyl sites for hydroxylation is 1. The molecule has 6 nitrogen and oxygen atoms in total. The van der Waals surface area contributed by atoms with E-state index in [1.54, 1.807) is 35.2 Å². The Kier molecular flexibility index (Phi) is 8.44. The van der Waals surface area contributed by atoms with E-state index in [0.29, 0.717) is 43.7 Å². The molecule has 0 radical (unpaired) electrons. The van der Waals surface area contributed by atoms with Crippen molar-refractivity contribution < 1.29 is 18.8 Å². The van der Waals surface area contributed by atoms with Crippen LogP contribution in [0.1, 0.15) is 45.5 Å². The van der Waals surface area contributed by atoms with Gasteiger partial charge in [-0.3, -0.25) is 14.4 Å². The Morgan fingerprint density at radius 3 is 2.36 bits per heavy atom. The minimum absolute atomic E-state index is 0.0491. The summed E-state index contributed by atoms with van der Waals surface area (Å²) in [6.45, 7) is 1.62. The van der Waals surface area contributed by atoms with Gasteiger partial charge < -0.3 is 15.5 Å². The molecule has 3 aromatic rings. The number of rotatable bonds is 8. The van der Waals surface area contributed by atoms with Gasteiger partial charge in [0.25, 0.3) is 11.8 Å². The Hall–Kier alpha value is -4.00. The zero-order chi connectivity index (χ0) is 25.3. The average Bonchev–Trinajstić information content (AvgIpc) is 2.91. The molecule has 0 bridgehead atoms. The molecule has 3 amide bonds. The van der Waals surface area contributed by atoms with E-state index in [1.807, 2.05) is 18.2 Å². The van der Waals surface area contributed by atoms with Crippen molar-refractivity contribution >= 4 is 23.4 Å². The number of nitrogens with zero attached hydrogens (tertiary/aromatic N) is 1. The lowest BCUT2D eigenvalue weighted by atomic mass is 9.95. The van der Waals surface area contributed by atoms with Crippen LogP contribution in [0.25, 0.3) is 0 Å². The van der Waals surface area contributed by atoms with E-state index in [2.05, 4.69) is 22.8 Å². The normalized spacial score (nSPS) is 13.8. The molecule has 0 saturated carbocycles. The van der Waals surface area contributed by atoms with Crippen molar-refractivity contribution in [2.75, 3.05) is 25.0 Å². The number of carbonyl (C=O) groups excluding carboxylic acids is 3. The molecule has 1 heterocycles. The number of halogens is 1. The number of benzene rings is 3. The van der Waals surface area contributed by atoms with Gasteiger partial charge in [0, 0.05) is 36.8 Å². The van der Waals surface area contributed by atoms with E-state index < -0.39 is 11.7 Å². The highest BCUT2D eigenvalue weighted by Crippen LogP contribution is 2.21. The van der Waals surface area contributed by atoms with Crippen molar-refractivity contribution in [3.63, 3.8) is 0 Å². The maximum absolute atomic E-state index is 13.9. The van der Waals surface area contributed by atoms with Gasteiger partial charge >= 0.3 is 0 Å². The van der Waals surface area contributed by atoms with Crippen LogP contribution in [0.15, 0.2) is 78.9 Å². The highest BCUT2D eigenvalue weighted by molar-refractivity contribution is 6.05. The zero-order valence-corrected chi connectivity index (χ0v) is 20.1. The molecule has 36 heavy (non-hydrogen) atoms. The maximum Gasteiger partial charge on any atom is 0.258 e. The number of carbonyl (C=O) groups is 3. The number of nitrogens with one attached hydrogen (secondary N) is 2. The first-order valence-electron chi connectivity index (χ1n) is 12.3. The van der Waals surface area contributed by atoms with Gasteiger partial charge in [-0.05, 0) is 61.6 Å². The third kappa shape index (κ3) is 6.56. The van der Waals surface area contributed by atoms with Crippen molar-refractivity contribution in [1.82, 2.24) is 10.2 Å². The predicted molar refractivity (Wildman–Crippen MR) is 137 cm³/mol. The van der Waals surface area contributed by atoms with Gasteiger partial charge in [0.15, 0.2) is 0 Å². The van der Waals surface area contributed by atoms with E-state index in [4.69, 9.17) is 0 Å². The fraction of sp³-hybridized carbons (Fsp3) is 0.276. The molecular formula is C29H30FN3O3. The number of amides is 3. The van der Waals surface area contributed by atoms with Crippen LogP contribution in [-0.4, -0.2) is 42.3 Å². The van der Waals surface area contributed by atoms with Crippen LogP contribution in [0.4, 0.5) is 10.1 Å². The second-order valence-corrected chi connectivity index (χ2v) is 8.96.